The van der Waals surface area contributed by atoms with Gasteiger partial charge in [-0.3, -0.25) is 4.90 Å². The highest BCUT2D eigenvalue weighted by atomic mass is 16.6. The molecule has 0 N–H and O–H groups in total. The predicted molar refractivity (Wildman–Crippen MR) is 79.3 cm³/mol. The molecule has 3 heterocycles. The Morgan fingerprint density at radius 3 is 2.77 bits per heavy atom. The fourth-order valence-corrected chi connectivity index (χ4v) is 2.37. The number of hydrogen-bond acceptors (Lipinski definition) is 8. The number of nitrogens with zero attached hydrogens (tertiary/aromatic N) is 6. The number of aromatic nitrogens is 4. The summed E-state index contributed by atoms with van der Waals surface area (Å²) in [5.41, 5.74) is 2.65. The van der Waals surface area contributed by atoms with Gasteiger partial charge in [0.1, 0.15) is 11.4 Å². The van der Waals surface area contributed by atoms with Crippen LogP contribution in [-0.4, -0.2) is 58.5 Å². The Bertz CT molecular complexity index is 611. The minimum absolute atomic E-state index is 0.673. The minimum atomic E-state index is 0.673. The van der Waals surface area contributed by atoms with Gasteiger partial charge in [0.15, 0.2) is 0 Å². The van der Waals surface area contributed by atoms with Crippen LogP contribution in [0.5, 0.6) is 0 Å². The van der Waals surface area contributed by atoms with Gasteiger partial charge in [0.2, 0.25) is 5.95 Å². The van der Waals surface area contributed by atoms with Gasteiger partial charge in [0, 0.05) is 32.4 Å². The molecule has 1 aliphatic heterocycles. The molecule has 8 nitrogen and oxygen atoms in total. The van der Waals surface area contributed by atoms with Gasteiger partial charge in [0.05, 0.1) is 18.9 Å². The molecule has 0 saturated carbocycles. The van der Waals surface area contributed by atoms with Gasteiger partial charge in [0.25, 0.3) is 0 Å². The Hall–Kier alpha value is -2.06. The number of morpholine rings is 1. The largest absolute Gasteiger partial charge is 0.378 e. The van der Waals surface area contributed by atoms with E-state index in [4.69, 9.17) is 9.37 Å². The van der Waals surface area contributed by atoms with E-state index in [1.165, 1.54) is 0 Å². The first-order chi connectivity index (χ1) is 10.7. The molecule has 1 aliphatic rings. The van der Waals surface area contributed by atoms with E-state index in [0.717, 1.165) is 49.3 Å². The molecule has 0 unspecified atom stereocenters. The molecule has 0 aromatic carbocycles. The van der Waals surface area contributed by atoms with Gasteiger partial charge in [-0.2, -0.15) is 0 Å². The van der Waals surface area contributed by atoms with Crippen molar-refractivity contribution in [3.63, 3.8) is 0 Å². The van der Waals surface area contributed by atoms with E-state index >= 15 is 0 Å². The van der Waals surface area contributed by atoms with Crippen molar-refractivity contribution < 1.29 is 9.37 Å². The Balaban J connectivity index is 1.63. The molecule has 2 aromatic rings. The van der Waals surface area contributed by atoms with Crippen LogP contribution in [0.3, 0.4) is 0 Å². The van der Waals surface area contributed by atoms with Gasteiger partial charge in [-0.25, -0.2) is 14.6 Å². The van der Waals surface area contributed by atoms with E-state index in [9.17, 15) is 0 Å². The lowest BCUT2D eigenvalue weighted by atomic mass is 10.3. The summed E-state index contributed by atoms with van der Waals surface area (Å²) in [6.07, 6.45) is 1.81. The van der Waals surface area contributed by atoms with Crippen LogP contribution in [-0.2, 0) is 17.8 Å². The second kappa shape index (κ2) is 6.80. The number of rotatable bonds is 5. The van der Waals surface area contributed by atoms with Gasteiger partial charge in [-0.05, 0) is 20.0 Å². The van der Waals surface area contributed by atoms with Gasteiger partial charge in [-0.15, -0.1) is 0 Å². The van der Waals surface area contributed by atoms with Gasteiger partial charge < -0.3 is 9.64 Å². The summed E-state index contributed by atoms with van der Waals surface area (Å²) < 4.78 is 10.1. The first kappa shape index (κ1) is 14.9. The maximum absolute atomic E-state index is 5.36. The van der Waals surface area contributed by atoms with Crippen LogP contribution >= 0.6 is 0 Å². The van der Waals surface area contributed by atoms with Crippen molar-refractivity contribution in [2.75, 3.05) is 38.3 Å². The lowest BCUT2D eigenvalue weighted by molar-refractivity contribution is 0.122. The molecule has 1 fully saturated rings. The number of ether oxygens (including phenoxy) is 1. The Kier molecular flexibility index (Phi) is 4.59. The molecule has 118 valence electrons. The first-order valence-electron chi connectivity index (χ1n) is 7.33. The Morgan fingerprint density at radius 1 is 1.23 bits per heavy atom. The normalized spacial score (nSPS) is 15.5. The van der Waals surface area contributed by atoms with Crippen LogP contribution in [0, 0.1) is 6.92 Å². The third-order valence-electron chi connectivity index (χ3n) is 3.59. The molecule has 2 aromatic heterocycles. The number of hydrogen-bond donors (Lipinski definition) is 0. The lowest BCUT2D eigenvalue weighted by Crippen LogP contribution is -2.37. The zero-order chi connectivity index (χ0) is 15.4. The molecule has 0 spiro atoms. The summed E-state index contributed by atoms with van der Waals surface area (Å²) in [5, 5.41) is 7.70. The van der Waals surface area contributed by atoms with Crippen LogP contribution in [0.4, 0.5) is 5.95 Å². The molecule has 22 heavy (non-hydrogen) atoms. The summed E-state index contributed by atoms with van der Waals surface area (Å²) in [5.74, 6) is 0.772. The van der Waals surface area contributed by atoms with E-state index in [2.05, 4.69) is 30.1 Å². The van der Waals surface area contributed by atoms with E-state index in [1.54, 1.807) is 0 Å². The Morgan fingerprint density at radius 2 is 2.05 bits per heavy atom. The summed E-state index contributed by atoms with van der Waals surface area (Å²) in [6, 6.07) is 1.94. The van der Waals surface area contributed by atoms with Crippen LogP contribution in [0.15, 0.2) is 16.9 Å². The minimum Gasteiger partial charge on any atom is -0.378 e. The molecule has 0 radical (unpaired) electrons. The molecular formula is C14H20N6O2. The summed E-state index contributed by atoms with van der Waals surface area (Å²) in [7, 11) is 2.02. The van der Waals surface area contributed by atoms with Crippen LogP contribution in [0.25, 0.3) is 0 Å². The lowest BCUT2D eigenvalue weighted by Gasteiger charge is -2.27. The molecule has 0 amide bonds. The zero-order valence-electron chi connectivity index (χ0n) is 12.9. The van der Waals surface area contributed by atoms with Gasteiger partial charge >= 0.3 is 0 Å². The third kappa shape index (κ3) is 3.58. The van der Waals surface area contributed by atoms with Gasteiger partial charge in [-0.1, -0.05) is 10.3 Å². The zero-order valence-corrected chi connectivity index (χ0v) is 12.9. The van der Waals surface area contributed by atoms with E-state index in [1.807, 2.05) is 26.2 Å². The molecular weight excluding hydrogens is 284 g/mol. The highest BCUT2D eigenvalue weighted by Crippen LogP contribution is 2.12. The van der Waals surface area contributed by atoms with Crippen LogP contribution in [0.1, 0.15) is 17.1 Å². The summed E-state index contributed by atoms with van der Waals surface area (Å²) in [4.78, 5) is 13.3. The highest BCUT2D eigenvalue weighted by Gasteiger charge is 2.15. The molecule has 3 rings (SSSR count). The third-order valence-corrected chi connectivity index (χ3v) is 3.59. The molecule has 0 bridgehead atoms. The fraction of sp³-hybridized carbons (Fsp3) is 0.571. The molecule has 1 saturated heterocycles. The van der Waals surface area contributed by atoms with Crippen molar-refractivity contribution in [1.82, 2.24) is 25.2 Å². The summed E-state index contributed by atoms with van der Waals surface area (Å²) in [6.45, 7) is 6.41. The number of aryl methyl sites for hydroxylation is 1. The van der Waals surface area contributed by atoms with Crippen LogP contribution < -0.4 is 4.90 Å². The molecule has 0 aliphatic carbocycles. The monoisotopic (exact) mass is 304 g/mol. The van der Waals surface area contributed by atoms with E-state index in [-0.39, 0.29) is 0 Å². The van der Waals surface area contributed by atoms with Crippen molar-refractivity contribution in [2.24, 2.45) is 0 Å². The topological polar surface area (TPSA) is 80.4 Å². The number of anilines is 1. The van der Waals surface area contributed by atoms with Crippen LogP contribution in [0.2, 0.25) is 0 Å². The second-order valence-electron chi connectivity index (χ2n) is 5.42. The van der Waals surface area contributed by atoms with E-state index < -0.39 is 0 Å². The van der Waals surface area contributed by atoms with Crippen molar-refractivity contribution >= 4 is 5.95 Å². The second-order valence-corrected chi connectivity index (χ2v) is 5.42. The van der Waals surface area contributed by atoms with Crippen molar-refractivity contribution in [2.45, 2.75) is 20.0 Å². The average molecular weight is 304 g/mol. The predicted octanol–water partition coefficient (Wildman–Crippen LogP) is 0.637. The first-order valence-corrected chi connectivity index (χ1v) is 7.33. The van der Waals surface area contributed by atoms with Crippen molar-refractivity contribution in [3.05, 3.63) is 29.3 Å². The molecule has 8 heteroatoms. The SMILES string of the molecule is Cc1nonc1CN(C)Cc1ccnc(N2CCOCC2)n1. The highest BCUT2D eigenvalue weighted by molar-refractivity contribution is 5.30. The quantitative estimate of drug-likeness (QED) is 0.796. The molecule has 0 atom stereocenters. The van der Waals surface area contributed by atoms with E-state index in [0.29, 0.717) is 13.1 Å². The standard InChI is InChI=1S/C14H20N6O2/c1-11-13(18-22-17-11)10-19(2)9-12-3-4-15-14(16-12)20-5-7-21-8-6-20/h3-4H,5-10H2,1-2H3. The average Bonchev–Trinajstić information content (AvgIpc) is 2.93. The summed E-state index contributed by atoms with van der Waals surface area (Å²) >= 11 is 0. The van der Waals surface area contributed by atoms with Crippen molar-refractivity contribution in [1.29, 1.82) is 0 Å². The maximum Gasteiger partial charge on any atom is 0.225 e. The Labute approximate surface area is 129 Å². The van der Waals surface area contributed by atoms with Crippen molar-refractivity contribution in [3.8, 4) is 0 Å². The fourth-order valence-electron chi connectivity index (χ4n) is 2.37. The smallest absolute Gasteiger partial charge is 0.225 e. The maximum atomic E-state index is 5.36.